The van der Waals surface area contributed by atoms with Crippen molar-refractivity contribution >= 4 is 0 Å². The molecule has 0 radical (unpaired) electrons. The molecule has 0 spiro atoms. The number of rotatable bonds is 2. The van der Waals surface area contributed by atoms with Gasteiger partial charge >= 0.3 is 6.18 Å². The Kier molecular flexibility index (Phi) is 3.03. The lowest BCUT2D eigenvalue weighted by Gasteiger charge is -2.14. The van der Waals surface area contributed by atoms with Crippen LogP contribution >= 0.6 is 0 Å². The molecule has 6 heteroatoms. The zero-order valence-electron chi connectivity index (χ0n) is 8.34. The summed E-state index contributed by atoms with van der Waals surface area (Å²) in [7, 11) is 0. The van der Waals surface area contributed by atoms with Crippen molar-refractivity contribution in [3.05, 3.63) is 17.7 Å². The molecule has 15 heavy (non-hydrogen) atoms. The summed E-state index contributed by atoms with van der Waals surface area (Å²) in [5, 5.41) is 8.42. The molecule has 82 valence electrons. The molecule has 1 unspecified atom stereocenters. The van der Waals surface area contributed by atoms with Crippen molar-refractivity contribution in [3.63, 3.8) is 0 Å². The quantitative estimate of drug-likeness (QED) is 0.762. The van der Waals surface area contributed by atoms with Gasteiger partial charge in [0.1, 0.15) is 0 Å². The molecule has 0 aliphatic carbocycles. The Balaban J connectivity index is 2.86. The van der Waals surface area contributed by atoms with Gasteiger partial charge in [-0.2, -0.15) is 18.4 Å². The Morgan fingerprint density at radius 2 is 2.13 bits per heavy atom. The van der Waals surface area contributed by atoms with Crippen molar-refractivity contribution in [1.82, 2.24) is 9.55 Å². The normalized spacial score (nSPS) is 13.6. The summed E-state index contributed by atoms with van der Waals surface area (Å²) in [6.07, 6.45) is -3.17. The van der Waals surface area contributed by atoms with E-state index in [9.17, 15) is 13.2 Å². The van der Waals surface area contributed by atoms with Crippen LogP contribution in [-0.4, -0.2) is 15.7 Å². The number of hydrogen-bond acceptors (Lipinski definition) is 2. The highest BCUT2D eigenvalue weighted by Crippen LogP contribution is 2.27. The smallest absolute Gasteiger partial charge is 0.333 e. The third-order valence-electron chi connectivity index (χ3n) is 2.28. The number of nitrogens with zero attached hydrogens (tertiary/aromatic N) is 3. The van der Waals surface area contributed by atoms with Gasteiger partial charge in [-0.3, -0.25) is 0 Å². The number of hydrogen-bond donors (Lipinski definition) is 0. The topological polar surface area (TPSA) is 41.6 Å². The predicted molar refractivity (Wildman–Crippen MR) is 46.9 cm³/mol. The number of halogens is 3. The van der Waals surface area contributed by atoms with Crippen LogP contribution in [0.5, 0.6) is 0 Å². The summed E-state index contributed by atoms with van der Waals surface area (Å²) >= 11 is 0. The Morgan fingerprint density at radius 3 is 2.47 bits per heavy atom. The van der Waals surface area contributed by atoms with Gasteiger partial charge in [-0.1, -0.05) is 0 Å². The summed E-state index contributed by atoms with van der Waals surface area (Å²) in [6.45, 7) is 2.99. The summed E-state index contributed by atoms with van der Waals surface area (Å²) in [5.74, 6) is -1.98. The van der Waals surface area contributed by atoms with E-state index in [1.165, 1.54) is 17.0 Å². The lowest BCUT2D eigenvalue weighted by molar-refractivity contribution is -0.162. The fourth-order valence-corrected chi connectivity index (χ4v) is 1.14. The SMILES string of the molecule is Cc1ncn(CC(C#N)C(F)(F)F)c1C. The molecule has 0 N–H and O–H groups in total. The first-order chi connectivity index (χ1) is 6.86. The Bertz CT molecular complexity index is 386. The van der Waals surface area contributed by atoms with Gasteiger partial charge in [-0.15, -0.1) is 0 Å². The van der Waals surface area contributed by atoms with E-state index in [0.29, 0.717) is 11.4 Å². The maximum atomic E-state index is 12.3. The Labute approximate surface area is 85.1 Å². The van der Waals surface area contributed by atoms with Crippen LogP contribution in [0.2, 0.25) is 0 Å². The number of nitriles is 1. The summed E-state index contributed by atoms with van der Waals surface area (Å²) in [4.78, 5) is 3.87. The molecular formula is C9H10F3N3. The monoisotopic (exact) mass is 217 g/mol. The van der Waals surface area contributed by atoms with Crippen LogP contribution in [0.25, 0.3) is 0 Å². The van der Waals surface area contributed by atoms with Gasteiger partial charge < -0.3 is 4.57 Å². The molecule has 0 aromatic carbocycles. The van der Waals surface area contributed by atoms with Crippen molar-refractivity contribution in [2.45, 2.75) is 26.6 Å². The fraction of sp³-hybridized carbons (Fsp3) is 0.556. The zero-order valence-corrected chi connectivity index (χ0v) is 8.34. The molecule has 0 saturated heterocycles. The molecular weight excluding hydrogens is 207 g/mol. The van der Waals surface area contributed by atoms with Crippen LogP contribution in [-0.2, 0) is 6.54 Å². The van der Waals surface area contributed by atoms with Gasteiger partial charge in [0.2, 0.25) is 0 Å². The molecule has 0 fully saturated rings. The van der Waals surface area contributed by atoms with E-state index in [0.717, 1.165) is 0 Å². The minimum Gasteiger partial charge on any atom is -0.333 e. The average Bonchev–Trinajstić information content (AvgIpc) is 2.43. The molecule has 1 atom stereocenters. The summed E-state index contributed by atoms with van der Waals surface area (Å²) in [6, 6.07) is 1.25. The van der Waals surface area contributed by atoms with Crippen molar-refractivity contribution < 1.29 is 13.2 Å². The zero-order chi connectivity index (χ0) is 11.6. The maximum Gasteiger partial charge on any atom is 0.406 e. The number of aryl methyl sites for hydroxylation is 1. The van der Waals surface area contributed by atoms with E-state index in [1.54, 1.807) is 13.8 Å². The average molecular weight is 217 g/mol. The van der Waals surface area contributed by atoms with Crippen molar-refractivity contribution in [2.24, 2.45) is 5.92 Å². The van der Waals surface area contributed by atoms with Crippen molar-refractivity contribution in [1.29, 1.82) is 5.26 Å². The standard InChI is InChI=1S/C9H10F3N3/c1-6-7(2)15(5-14-6)4-8(3-13)9(10,11)12/h5,8H,4H2,1-2H3. The summed E-state index contributed by atoms with van der Waals surface area (Å²) in [5.41, 5.74) is 1.33. The third kappa shape index (κ3) is 2.49. The first-order valence-corrected chi connectivity index (χ1v) is 4.31. The van der Waals surface area contributed by atoms with Crippen LogP contribution in [0.4, 0.5) is 13.2 Å². The molecule has 0 saturated carbocycles. The van der Waals surface area contributed by atoms with E-state index < -0.39 is 18.6 Å². The van der Waals surface area contributed by atoms with Crippen LogP contribution in [0.1, 0.15) is 11.4 Å². The Hall–Kier alpha value is -1.51. The predicted octanol–water partition coefficient (Wildman–Crippen LogP) is 2.20. The fourth-order valence-electron chi connectivity index (χ4n) is 1.14. The molecule has 0 amide bonds. The molecule has 1 rings (SSSR count). The number of imidazole rings is 1. The lowest BCUT2D eigenvalue weighted by atomic mass is 10.1. The van der Waals surface area contributed by atoms with Gasteiger partial charge in [0, 0.05) is 12.2 Å². The van der Waals surface area contributed by atoms with Crippen LogP contribution in [0.3, 0.4) is 0 Å². The molecule has 3 nitrogen and oxygen atoms in total. The molecule has 0 aliphatic rings. The second-order valence-corrected chi connectivity index (χ2v) is 3.29. The highest BCUT2D eigenvalue weighted by Gasteiger charge is 2.40. The highest BCUT2D eigenvalue weighted by atomic mass is 19.4. The number of aromatic nitrogens is 2. The first-order valence-electron chi connectivity index (χ1n) is 4.31. The molecule has 1 aromatic rings. The van der Waals surface area contributed by atoms with Gasteiger partial charge in [0.15, 0.2) is 5.92 Å². The van der Waals surface area contributed by atoms with Gasteiger partial charge in [0.25, 0.3) is 0 Å². The number of alkyl halides is 3. The van der Waals surface area contributed by atoms with Gasteiger partial charge in [-0.25, -0.2) is 4.98 Å². The Morgan fingerprint density at radius 1 is 1.53 bits per heavy atom. The lowest BCUT2D eigenvalue weighted by Crippen LogP contribution is -2.26. The molecule has 1 aromatic heterocycles. The van der Waals surface area contributed by atoms with Crippen LogP contribution < -0.4 is 0 Å². The van der Waals surface area contributed by atoms with E-state index in [2.05, 4.69) is 4.98 Å². The molecule has 0 bridgehead atoms. The second-order valence-electron chi connectivity index (χ2n) is 3.29. The summed E-state index contributed by atoms with van der Waals surface area (Å²) < 4.78 is 38.2. The maximum absolute atomic E-state index is 12.3. The van der Waals surface area contributed by atoms with Crippen molar-refractivity contribution in [2.75, 3.05) is 0 Å². The largest absolute Gasteiger partial charge is 0.406 e. The van der Waals surface area contributed by atoms with Crippen LogP contribution in [0, 0.1) is 31.1 Å². The van der Waals surface area contributed by atoms with E-state index >= 15 is 0 Å². The first kappa shape index (κ1) is 11.6. The van der Waals surface area contributed by atoms with Crippen LogP contribution in [0.15, 0.2) is 6.33 Å². The highest BCUT2D eigenvalue weighted by molar-refractivity contribution is 5.09. The van der Waals surface area contributed by atoms with Gasteiger partial charge in [0.05, 0.1) is 18.1 Å². The van der Waals surface area contributed by atoms with E-state index in [-0.39, 0.29) is 0 Å². The second kappa shape index (κ2) is 3.93. The minimum atomic E-state index is -4.49. The minimum absolute atomic E-state index is 0.396. The van der Waals surface area contributed by atoms with E-state index in [1.807, 2.05) is 0 Å². The third-order valence-corrected chi connectivity index (χ3v) is 2.28. The molecule has 1 heterocycles. The molecule has 0 aliphatic heterocycles. The van der Waals surface area contributed by atoms with Crippen molar-refractivity contribution in [3.8, 4) is 6.07 Å². The van der Waals surface area contributed by atoms with Gasteiger partial charge in [-0.05, 0) is 13.8 Å². The van der Waals surface area contributed by atoms with E-state index in [4.69, 9.17) is 5.26 Å².